The first-order valence-electron chi connectivity index (χ1n) is 4.85. The van der Waals surface area contributed by atoms with Crippen molar-refractivity contribution in [2.24, 2.45) is 17.6 Å². The van der Waals surface area contributed by atoms with Gasteiger partial charge in [-0.3, -0.25) is 0 Å². The van der Waals surface area contributed by atoms with E-state index in [2.05, 4.69) is 0 Å². The van der Waals surface area contributed by atoms with Crippen molar-refractivity contribution in [2.75, 3.05) is 0 Å². The van der Waals surface area contributed by atoms with Gasteiger partial charge in [-0.25, -0.2) is 0 Å². The van der Waals surface area contributed by atoms with E-state index in [0.29, 0.717) is 0 Å². The van der Waals surface area contributed by atoms with Crippen LogP contribution in [0.3, 0.4) is 0 Å². The molecule has 2 N–H and O–H groups in total. The van der Waals surface area contributed by atoms with Gasteiger partial charge >= 0.3 is 0 Å². The second kappa shape index (κ2) is 6.29. The molecule has 0 saturated carbocycles. The van der Waals surface area contributed by atoms with Gasteiger partial charge in [0.2, 0.25) is 0 Å². The maximum Gasteiger partial charge on any atom is 0.254 e. The van der Waals surface area contributed by atoms with Crippen LogP contribution in [0, 0.1) is 11.8 Å². The fraction of sp³-hybridized carbons (Fsp3) is 0.700. The zero-order valence-electron chi connectivity index (χ0n) is 9.68. The lowest BCUT2D eigenvalue weighted by Gasteiger charge is -2.40. The van der Waals surface area contributed by atoms with Crippen molar-refractivity contribution in [1.82, 2.24) is 0 Å². The van der Waals surface area contributed by atoms with Crippen molar-refractivity contribution >= 4 is 52.2 Å². The van der Waals surface area contributed by atoms with Crippen LogP contribution in [0.5, 0.6) is 0 Å². The van der Waals surface area contributed by atoms with E-state index in [9.17, 15) is 0 Å². The number of halogens is 3. The van der Waals surface area contributed by atoms with Gasteiger partial charge in [0.25, 0.3) is 5.17 Å². The Balaban J connectivity index is 5.63. The number of hydrogen-bond acceptors (Lipinski definition) is 2. The van der Waals surface area contributed by atoms with Crippen LogP contribution in [0.1, 0.15) is 27.7 Å². The largest absolute Gasteiger partial charge is 0.458 e. The Hall–Kier alpha value is 0.300. The molecule has 16 heavy (non-hydrogen) atoms. The van der Waals surface area contributed by atoms with Crippen LogP contribution in [0.25, 0.3) is 0 Å². The predicted molar refractivity (Wildman–Crippen MR) is 74.9 cm³/mol. The van der Waals surface area contributed by atoms with E-state index in [0.717, 1.165) is 0 Å². The summed E-state index contributed by atoms with van der Waals surface area (Å²) in [6.07, 6.45) is 0. The number of rotatable bonds is 4. The van der Waals surface area contributed by atoms with E-state index < -0.39 is 5.60 Å². The smallest absolute Gasteiger partial charge is 0.254 e. The van der Waals surface area contributed by atoms with E-state index in [1.807, 2.05) is 27.7 Å². The highest BCUT2D eigenvalue weighted by molar-refractivity contribution is 7.80. The fourth-order valence-electron chi connectivity index (χ4n) is 1.77. The molecule has 0 aliphatic heterocycles. The first-order valence-corrected chi connectivity index (χ1v) is 6.40. The molecule has 0 bridgehead atoms. The minimum absolute atomic E-state index is 0.0222. The molecular weight excluding hydrogens is 289 g/mol. The van der Waals surface area contributed by atoms with Gasteiger partial charge in [0, 0.05) is 0 Å². The third kappa shape index (κ3) is 3.39. The Labute approximate surface area is 117 Å². The number of thiocarbonyl (C=S) groups is 1. The molecule has 94 valence electrons. The standard InChI is InChI=1S/C10H16Cl3NOS/c1-5(2)10(6(3)4,15-9(14)16)7(11)8(12)13/h5-6H,1-4H3,(H2,14,16). The van der Waals surface area contributed by atoms with Crippen LogP contribution in [0.4, 0.5) is 0 Å². The van der Waals surface area contributed by atoms with Crippen LogP contribution < -0.4 is 5.73 Å². The monoisotopic (exact) mass is 303 g/mol. The summed E-state index contributed by atoms with van der Waals surface area (Å²) in [5.41, 5.74) is 4.55. The van der Waals surface area contributed by atoms with Gasteiger partial charge in [-0.15, -0.1) is 0 Å². The molecule has 0 aliphatic rings. The molecule has 0 aromatic rings. The molecule has 0 unspecified atom stereocenters. The Kier molecular flexibility index (Phi) is 6.41. The molecule has 0 heterocycles. The zero-order chi connectivity index (χ0) is 13.1. The van der Waals surface area contributed by atoms with Crippen molar-refractivity contribution in [1.29, 1.82) is 0 Å². The number of ether oxygens (including phenoxy) is 1. The second-order valence-electron chi connectivity index (χ2n) is 4.10. The van der Waals surface area contributed by atoms with Gasteiger partial charge in [0.05, 0.1) is 5.03 Å². The van der Waals surface area contributed by atoms with Crippen molar-refractivity contribution in [3.8, 4) is 0 Å². The topological polar surface area (TPSA) is 35.2 Å². The van der Waals surface area contributed by atoms with E-state index >= 15 is 0 Å². The quantitative estimate of drug-likeness (QED) is 0.791. The maximum absolute atomic E-state index is 6.15. The molecule has 0 aromatic heterocycles. The van der Waals surface area contributed by atoms with Gasteiger partial charge in [0.15, 0.2) is 5.60 Å². The van der Waals surface area contributed by atoms with Gasteiger partial charge in [-0.2, -0.15) is 0 Å². The van der Waals surface area contributed by atoms with E-state index in [1.54, 1.807) is 0 Å². The third-order valence-corrected chi connectivity index (χ3v) is 3.63. The highest BCUT2D eigenvalue weighted by Crippen LogP contribution is 2.42. The number of nitrogens with two attached hydrogens (primary N) is 1. The third-order valence-electron chi connectivity index (χ3n) is 2.49. The lowest BCUT2D eigenvalue weighted by Crippen LogP contribution is -2.47. The molecule has 0 radical (unpaired) electrons. The molecule has 2 nitrogen and oxygen atoms in total. The van der Waals surface area contributed by atoms with Crippen LogP contribution in [0.2, 0.25) is 0 Å². The zero-order valence-corrected chi connectivity index (χ0v) is 12.8. The summed E-state index contributed by atoms with van der Waals surface area (Å²) in [5, 5.41) is 0.156. The van der Waals surface area contributed by atoms with Crippen LogP contribution >= 0.6 is 47.0 Å². The first-order chi connectivity index (χ1) is 7.16. The van der Waals surface area contributed by atoms with Crippen LogP contribution in [-0.2, 0) is 4.74 Å². The van der Waals surface area contributed by atoms with Crippen molar-refractivity contribution in [3.63, 3.8) is 0 Å². The molecule has 0 spiro atoms. The summed E-state index contributed by atoms with van der Waals surface area (Å²) in [4.78, 5) is 0. The van der Waals surface area contributed by atoms with Crippen LogP contribution in [-0.4, -0.2) is 10.8 Å². The van der Waals surface area contributed by atoms with Gasteiger partial charge in [-0.1, -0.05) is 62.5 Å². The highest BCUT2D eigenvalue weighted by atomic mass is 35.5. The molecule has 6 heteroatoms. The average molecular weight is 305 g/mol. The van der Waals surface area contributed by atoms with E-state index in [1.165, 1.54) is 0 Å². The average Bonchev–Trinajstić information content (AvgIpc) is 2.11. The molecule has 0 saturated heterocycles. The van der Waals surface area contributed by atoms with Crippen LogP contribution in [0.15, 0.2) is 9.52 Å². The molecule has 0 aromatic carbocycles. The predicted octanol–water partition coefficient (Wildman–Crippen LogP) is 4.18. The fourth-order valence-corrected chi connectivity index (χ4v) is 2.68. The maximum atomic E-state index is 6.15. The van der Waals surface area contributed by atoms with Crippen molar-refractivity contribution in [3.05, 3.63) is 9.52 Å². The van der Waals surface area contributed by atoms with Gasteiger partial charge in [0.1, 0.15) is 4.49 Å². The van der Waals surface area contributed by atoms with Crippen molar-refractivity contribution < 1.29 is 4.74 Å². The Bertz CT molecular complexity index is 290. The Morgan fingerprint density at radius 3 is 1.69 bits per heavy atom. The minimum atomic E-state index is -0.883. The summed E-state index contributed by atoms with van der Waals surface area (Å²) in [5.74, 6) is 0.0444. The highest BCUT2D eigenvalue weighted by Gasteiger charge is 2.44. The summed E-state index contributed by atoms with van der Waals surface area (Å²) in [7, 11) is 0. The Morgan fingerprint density at radius 1 is 1.12 bits per heavy atom. The first kappa shape index (κ1) is 16.3. The van der Waals surface area contributed by atoms with Gasteiger partial charge in [-0.05, 0) is 24.1 Å². The molecule has 0 amide bonds. The van der Waals surface area contributed by atoms with Gasteiger partial charge < -0.3 is 10.5 Å². The minimum Gasteiger partial charge on any atom is -0.458 e. The molecule has 0 aliphatic carbocycles. The Morgan fingerprint density at radius 2 is 1.50 bits per heavy atom. The lowest BCUT2D eigenvalue weighted by atomic mass is 9.80. The summed E-state index contributed by atoms with van der Waals surface area (Å²) in [6.45, 7) is 7.77. The number of hydrogen-bond donors (Lipinski definition) is 1. The normalized spacial score (nSPS) is 11.8. The molecular formula is C10H16Cl3NOS. The van der Waals surface area contributed by atoms with Crippen molar-refractivity contribution in [2.45, 2.75) is 33.3 Å². The summed E-state index contributed by atoms with van der Waals surface area (Å²) in [6, 6.07) is 0. The lowest BCUT2D eigenvalue weighted by molar-refractivity contribution is 0.0107. The van der Waals surface area contributed by atoms with E-state index in [4.69, 9.17) is 57.5 Å². The van der Waals surface area contributed by atoms with E-state index in [-0.39, 0.29) is 26.5 Å². The molecule has 0 rings (SSSR count). The molecule has 0 fully saturated rings. The summed E-state index contributed by atoms with van der Waals surface area (Å²) >= 11 is 22.4. The second-order valence-corrected chi connectivity index (χ2v) is 5.83. The summed E-state index contributed by atoms with van der Waals surface area (Å²) < 4.78 is 5.51. The SMILES string of the molecule is CC(C)C(OC(N)=S)(C(Cl)=C(Cl)Cl)C(C)C. The molecule has 0 atom stereocenters.